The molecule has 0 spiro atoms. The minimum atomic E-state index is -0.181. The Labute approximate surface area is 237 Å². The molecule has 0 atom stereocenters. The lowest BCUT2D eigenvalue weighted by Crippen LogP contribution is -2.21. The van der Waals surface area contributed by atoms with Gasteiger partial charge in [-0.1, -0.05) is 65.3 Å². The Morgan fingerprint density at radius 3 is 2.36 bits per heavy atom. The first-order valence-corrected chi connectivity index (χ1v) is 13.8. The van der Waals surface area contributed by atoms with Crippen LogP contribution in [0.4, 0.5) is 0 Å². The molecule has 0 aliphatic heterocycles. The molecule has 0 N–H and O–H groups in total. The van der Waals surface area contributed by atoms with E-state index in [9.17, 15) is 9.59 Å². The van der Waals surface area contributed by atoms with Crippen LogP contribution < -0.4 is 5.56 Å². The zero-order chi connectivity index (χ0) is 27.3. The van der Waals surface area contributed by atoms with E-state index in [4.69, 9.17) is 23.2 Å². The second kappa shape index (κ2) is 10.0. The Kier molecular flexibility index (Phi) is 6.54. The molecule has 6 rings (SSSR count). The van der Waals surface area contributed by atoms with E-state index in [-0.39, 0.29) is 17.1 Å². The number of ketones is 1. The molecule has 3 aromatic heterocycles. The summed E-state index contributed by atoms with van der Waals surface area (Å²) in [5.41, 5.74) is 4.36. The lowest BCUT2D eigenvalue weighted by molar-refractivity contribution is 0.102. The van der Waals surface area contributed by atoms with Crippen molar-refractivity contribution in [2.24, 2.45) is 0 Å². The highest BCUT2D eigenvalue weighted by Gasteiger charge is 2.21. The fourth-order valence-corrected chi connectivity index (χ4v) is 5.97. The lowest BCUT2D eigenvalue weighted by Gasteiger charge is -2.11. The highest BCUT2D eigenvalue weighted by atomic mass is 35.5. The number of para-hydroxylation sites is 2. The van der Waals surface area contributed by atoms with E-state index in [1.165, 1.54) is 11.8 Å². The highest BCUT2D eigenvalue weighted by Crippen LogP contribution is 2.29. The van der Waals surface area contributed by atoms with Crippen molar-refractivity contribution in [3.63, 3.8) is 0 Å². The summed E-state index contributed by atoms with van der Waals surface area (Å²) in [6, 6.07) is 23.9. The van der Waals surface area contributed by atoms with Gasteiger partial charge in [-0.15, -0.1) is 10.2 Å². The monoisotopic (exact) mass is 573 g/mol. The van der Waals surface area contributed by atoms with E-state index in [2.05, 4.69) is 10.2 Å². The molecule has 0 aliphatic carbocycles. The van der Waals surface area contributed by atoms with Gasteiger partial charge in [-0.05, 0) is 62.4 Å². The number of nitrogens with zero attached hydrogens (tertiary/aromatic N) is 5. The van der Waals surface area contributed by atoms with Gasteiger partial charge in [-0.25, -0.2) is 4.57 Å². The number of aromatic nitrogens is 5. The topological polar surface area (TPSA) is 74.2 Å². The number of hydrogen-bond acceptors (Lipinski definition) is 5. The minimum Gasteiger partial charge on any atom is -0.318 e. The average Bonchev–Trinajstić information content (AvgIpc) is 3.50. The van der Waals surface area contributed by atoms with Gasteiger partial charge < -0.3 is 4.57 Å². The fourth-order valence-electron chi connectivity index (χ4n) is 4.86. The van der Waals surface area contributed by atoms with E-state index in [1.54, 1.807) is 22.8 Å². The summed E-state index contributed by atoms with van der Waals surface area (Å²) in [6.07, 6.45) is 0. The maximum absolute atomic E-state index is 13.4. The van der Waals surface area contributed by atoms with Gasteiger partial charge in [0.05, 0.1) is 32.4 Å². The van der Waals surface area contributed by atoms with Gasteiger partial charge in [-0.3, -0.25) is 14.0 Å². The molecule has 0 saturated heterocycles. The van der Waals surface area contributed by atoms with Crippen LogP contribution in [0.15, 0.2) is 88.8 Å². The maximum Gasteiger partial charge on any atom is 0.267 e. The van der Waals surface area contributed by atoms with Crippen LogP contribution in [-0.2, 0) is 0 Å². The van der Waals surface area contributed by atoms with E-state index >= 15 is 0 Å². The standard InChI is InChI=1S/C29H21Cl2N5O2S/c1-17-14-22(18(2)34(17)20-12-13-23(30)24(31)15-20)26(37)16-39-29-33-32-28-35(19-8-4-3-5-9-19)27(38)21-10-6-7-11-25(21)36(28)29/h3-15H,16H2,1-2H3. The van der Waals surface area contributed by atoms with Crippen LogP contribution in [0.3, 0.4) is 0 Å². The van der Waals surface area contributed by atoms with Crippen molar-refractivity contribution in [2.75, 3.05) is 5.75 Å². The van der Waals surface area contributed by atoms with Crippen LogP contribution in [-0.4, -0.2) is 35.3 Å². The van der Waals surface area contributed by atoms with Crippen molar-refractivity contribution in [1.82, 2.24) is 23.7 Å². The summed E-state index contributed by atoms with van der Waals surface area (Å²) in [7, 11) is 0. The van der Waals surface area contributed by atoms with E-state index in [0.717, 1.165) is 17.1 Å². The van der Waals surface area contributed by atoms with Crippen LogP contribution in [0, 0.1) is 13.8 Å². The Hall–Kier alpha value is -3.85. The molecular formula is C29H21Cl2N5O2S. The predicted octanol–water partition coefficient (Wildman–Crippen LogP) is 6.72. The normalized spacial score (nSPS) is 11.5. The Balaban J connectivity index is 1.38. The number of aryl methyl sites for hydroxylation is 1. The number of rotatable bonds is 6. The summed E-state index contributed by atoms with van der Waals surface area (Å²) < 4.78 is 5.37. The quantitative estimate of drug-likeness (QED) is 0.163. The smallest absolute Gasteiger partial charge is 0.267 e. The third-order valence-electron chi connectivity index (χ3n) is 6.63. The molecule has 0 unspecified atom stereocenters. The number of carbonyl (C=O) groups excluding carboxylic acids is 1. The Morgan fingerprint density at radius 1 is 0.846 bits per heavy atom. The van der Waals surface area contributed by atoms with Gasteiger partial charge in [0.15, 0.2) is 10.9 Å². The van der Waals surface area contributed by atoms with Gasteiger partial charge in [0.1, 0.15) is 0 Å². The molecule has 0 radical (unpaired) electrons. The minimum absolute atomic E-state index is 0.0446. The first kappa shape index (κ1) is 25.4. The third kappa shape index (κ3) is 4.34. The van der Waals surface area contributed by atoms with Gasteiger partial charge >= 0.3 is 0 Å². The molecule has 7 nitrogen and oxygen atoms in total. The molecule has 0 bridgehead atoms. The second-order valence-corrected chi connectivity index (χ2v) is 10.8. The molecule has 0 amide bonds. The average molecular weight is 574 g/mol. The molecule has 39 heavy (non-hydrogen) atoms. The summed E-state index contributed by atoms with van der Waals surface area (Å²) in [5.74, 6) is 0.486. The summed E-state index contributed by atoms with van der Waals surface area (Å²) in [4.78, 5) is 26.9. The zero-order valence-electron chi connectivity index (χ0n) is 20.9. The van der Waals surface area contributed by atoms with E-state index in [0.29, 0.717) is 43.1 Å². The molecular weight excluding hydrogens is 553 g/mol. The molecule has 194 valence electrons. The van der Waals surface area contributed by atoms with Crippen molar-refractivity contribution >= 4 is 57.4 Å². The summed E-state index contributed by atoms with van der Waals surface area (Å²) >= 11 is 13.6. The van der Waals surface area contributed by atoms with Crippen LogP contribution in [0.2, 0.25) is 10.0 Å². The number of hydrogen-bond donors (Lipinski definition) is 0. The Morgan fingerprint density at radius 2 is 1.59 bits per heavy atom. The van der Waals surface area contributed by atoms with Crippen molar-refractivity contribution in [2.45, 2.75) is 19.0 Å². The van der Waals surface area contributed by atoms with Crippen LogP contribution in [0.5, 0.6) is 0 Å². The number of carbonyl (C=O) groups is 1. The fraction of sp³-hybridized carbons (Fsp3) is 0.103. The Bertz CT molecular complexity index is 1960. The van der Waals surface area contributed by atoms with Gasteiger partial charge in [0.2, 0.25) is 5.78 Å². The first-order chi connectivity index (χ1) is 18.8. The molecule has 0 saturated carbocycles. The second-order valence-electron chi connectivity index (χ2n) is 9.04. The molecule has 10 heteroatoms. The van der Waals surface area contributed by atoms with Crippen molar-refractivity contribution in [3.8, 4) is 11.4 Å². The lowest BCUT2D eigenvalue weighted by atomic mass is 10.2. The van der Waals surface area contributed by atoms with Crippen molar-refractivity contribution in [1.29, 1.82) is 0 Å². The SMILES string of the molecule is Cc1cc(C(=O)CSc2nnc3n(-c4ccccc4)c(=O)c4ccccc4n23)c(C)n1-c1ccc(Cl)c(Cl)c1. The van der Waals surface area contributed by atoms with Crippen LogP contribution in [0.1, 0.15) is 21.7 Å². The highest BCUT2D eigenvalue weighted by molar-refractivity contribution is 7.99. The third-order valence-corrected chi connectivity index (χ3v) is 8.30. The van der Waals surface area contributed by atoms with Crippen molar-refractivity contribution in [3.05, 3.63) is 116 Å². The number of fused-ring (bicyclic) bond motifs is 3. The number of benzene rings is 3. The van der Waals surface area contributed by atoms with Crippen LogP contribution >= 0.6 is 35.0 Å². The molecule has 3 aromatic carbocycles. The molecule has 6 aromatic rings. The predicted molar refractivity (Wildman–Crippen MR) is 156 cm³/mol. The maximum atomic E-state index is 13.4. The van der Waals surface area contributed by atoms with Crippen LogP contribution in [0.25, 0.3) is 28.1 Å². The number of halogens is 2. The van der Waals surface area contributed by atoms with E-state index in [1.807, 2.05) is 83.5 Å². The first-order valence-electron chi connectivity index (χ1n) is 12.1. The molecule has 0 aliphatic rings. The largest absolute Gasteiger partial charge is 0.318 e. The van der Waals surface area contributed by atoms with Gasteiger partial charge in [-0.2, -0.15) is 0 Å². The zero-order valence-corrected chi connectivity index (χ0v) is 23.3. The number of Topliss-reactive ketones (excluding diaryl/α,β-unsaturated/α-hetero) is 1. The van der Waals surface area contributed by atoms with E-state index < -0.39 is 0 Å². The molecule has 0 fully saturated rings. The summed E-state index contributed by atoms with van der Waals surface area (Å²) in [6.45, 7) is 3.85. The number of thioether (sulfide) groups is 1. The summed E-state index contributed by atoms with van der Waals surface area (Å²) in [5, 5.41) is 10.7. The van der Waals surface area contributed by atoms with Gasteiger partial charge in [0, 0.05) is 22.6 Å². The van der Waals surface area contributed by atoms with Crippen molar-refractivity contribution < 1.29 is 4.79 Å². The van der Waals surface area contributed by atoms with Gasteiger partial charge in [0.25, 0.3) is 5.56 Å². The molecule has 3 heterocycles.